The lowest BCUT2D eigenvalue weighted by Crippen LogP contribution is -2.38. The third-order valence-corrected chi connectivity index (χ3v) is 5.14. The van der Waals surface area contributed by atoms with Crippen LogP contribution in [-0.4, -0.2) is 25.3 Å². The highest BCUT2D eigenvalue weighted by Crippen LogP contribution is 2.24. The van der Waals surface area contributed by atoms with E-state index in [9.17, 15) is 13.2 Å². The number of aryl methyl sites for hydroxylation is 1. The number of anilines is 1. The molecule has 1 heterocycles. The van der Waals surface area contributed by atoms with E-state index in [1.54, 1.807) is 12.1 Å². The molecular formula is C16H17N3O3S. The number of carbonyl (C=O) groups excluding carboxylic acids is 1. The molecule has 1 aliphatic heterocycles. The second-order valence-corrected chi connectivity index (χ2v) is 7.04. The van der Waals surface area contributed by atoms with Crippen molar-refractivity contribution in [3.05, 3.63) is 65.7 Å². The maximum absolute atomic E-state index is 12.3. The van der Waals surface area contributed by atoms with E-state index in [0.29, 0.717) is 5.69 Å². The van der Waals surface area contributed by atoms with Gasteiger partial charge in [-0.25, -0.2) is 9.10 Å². The van der Waals surface area contributed by atoms with Crippen LogP contribution in [-0.2, 0) is 10.2 Å². The normalized spacial score (nSPS) is 19.5. The molecule has 3 rings (SSSR count). The zero-order chi connectivity index (χ0) is 16.4. The predicted octanol–water partition coefficient (Wildman–Crippen LogP) is 2.42. The molecule has 0 radical (unpaired) electrons. The smallest absolute Gasteiger partial charge is 0.307 e. The first-order valence-corrected chi connectivity index (χ1v) is 8.62. The second kappa shape index (κ2) is 6.02. The van der Waals surface area contributed by atoms with Gasteiger partial charge in [0.05, 0.1) is 12.6 Å². The van der Waals surface area contributed by atoms with Crippen molar-refractivity contribution in [1.82, 2.24) is 9.03 Å². The van der Waals surface area contributed by atoms with Gasteiger partial charge < -0.3 is 5.32 Å². The zero-order valence-corrected chi connectivity index (χ0v) is 13.4. The van der Waals surface area contributed by atoms with Crippen LogP contribution in [0.1, 0.15) is 17.2 Å². The summed E-state index contributed by atoms with van der Waals surface area (Å²) >= 11 is 0. The Balaban J connectivity index is 1.76. The highest BCUT2D eigenvalue weighted by Gasteiger charge is 2.39. The lowest BCUT2D eigenvalue weighted by atomic mass is 10.1. The first kappa shape index (κ1) is 15.5. The van der Waals surface area contributed by atoms with Crippen LogP contribution in [0.4, 0.5) is 10.5 Å². The summed E-state index contributed by atoms with van der Waals surface area (Å²) in [6, 6.07) is 15.2. The summed E-state index contributed by atoms with van der Waals surface area (Å²) in [6.45, 7) is 1.99. The summed E-state index contributed by atoms with van der Waals surface area (Å²) in [4.78, 5) is 12.3. The van der Waals surface area contributed by atoms with E-state index in [0.717, 1.165) is 15.4 Å². The lowest BCUT2D eigenvalue weighted by molar-refractivity contribution is 0.237. The van der Waals surface area contributed by atoms with Crippen molar-refractivity contribution >= 4 is 21.9 Å². The molecule has 23 heavy (non-hydrogen) atoms. The number of urea groups is 1. The molecule has 0 bridgehead atoms. The molecule has 2 aromatic rings. The Kier molecular flexibility index (Phi) is 4.06. The molecule has 2 aromatic carbocycles. The highest BCUT2D eigenvalue weighted by atomic mass is 32.2. The first-order valence-electron chi connectivity index (χ1n) is 7.18. The number of amides is 2. The first-order chi connectivity index (χ1) is 11.0. The van der Waals surface area contributed by atoms with Gasteiger partial charge in [0.2, 0.25) is 0 Å². The van der Waals surface area contributed by atoms with Crippen molar-refractivity contribution in [2.24, 2.45) is 0 Å². The Hall–Kier alpha value is -2.38. The van der Waals surface area contributed by atoms with Crippen molar-refractivity contribution in [3.8, 4) is 0 Å². The van der Waals surface area contributed by atoms with Gasteiger partial charge in [0, 0.05) is 5.69 Å². The van der Waals surface area contributed by atoms with Crippen LogP contribution in [0.5, 0.6) is 0 Å². The van der Waals surface area contributed by atoms with Crippen LogP contribution in [0.3, 0.4) is 0 Å². The minimum absolute atomic E-state index is 0.0596. The summed E-state index contributed by atoms with van der Waals surface area (Å²) in [6.07, 6.45) is 0. The molecule has 1 atom stereocenters. The quantitative estimate of drug-likeness (QED) is 0.887. The van der Waals surface area contributed by atoms with Gasteiger partial charge in [0.15, 0.2) is 0 Å². The van der Waals surface area contributed by atoms with E-state index < -0.39 is 22.3 Å². The molecule has 2 N–H and O–H groups in total. The van der Waals surface area contributed by atoms with Gasteiger partial charge in [-0.1, -0.05) is 48.0 Å². The number of rotatable bonds is 2. The minimum Gasteiger partial charge on any atom is -0.307 e. The maximum atomic E-state index is 12.3. The molecule has 1 aliphatic rings. The summed E-state index contributed by atoms with van der Waals surface area (Å²) in [5.74, 6) is 0. The molecule has 0 spiro atoms. The Morgan fingerprint density at radius 3 is 2.43 bits per heavy atom. The Morgan fingerprint density at radius 2 is 1.78 bits per heavy atom. The summed E-state index contributed by atoms with van der Waals surface area (Å²) in [7, 11) is -3.84. The van der Waals surface area contributed by atoms with Crippen molar-refractivity contribution in [1.29, 1.82) is 0 Å². The molecule has 1 unspecified atom stereocenters. The van der Waals surface area contributed by atoms with Crippen LogP contribution in [0.15, 0.2) is 54.6 Å². The molecule has 1 fully saturated rings. The minimum atomic E-state index is -3.84. The molecular weight excluding hydrogens is 314 g/mol. The molecule has 120 valence electrons. The molecule has 0 aromatic heterocycles. The van der Waals surface area contributed by atoms with E-state index in [1.165, 1.54) is 0 Å². The Bertz CT molecular complexity index is 804. The maximum Gasteiger partial charge on any atom is 0.336 e. The number of hydrogen-bond donors (Lipinski definition) is 2. The number of nitrogens with one attached hydrogen (secondary N) is 2. The van der Waals surface area contributed by atoms with Crippen LogP contribution in [0.25, 0.3) is 0 Å². The van der Waals surface area contributed by atoms with Gasteiger partial charge in [-0.2, -0.15) is 13.1 Å². The summed E-state index contributed by atoms with van der Waals surface area (Å²) < 4.78 is 27.7. The summed E-state index contributed by atoms with van der Waals surface area (Å²) in [5, 5.41) is 2.61. The van der Waals surface area contributed by atoms with Crippen molar-refractivity contribution < 1.29 is 13.2 Å². The van der Waals surface area contributed by atoms with Gasteiger partial charge >= 0.3 is 16.2 Å². The van der Waals surface area contributed by atoms with E-state index in [4.69, 9.17) is 0 Å². The van der Waals surface area contributed by atoms with Gasteiger partial charge in [0.25, 0.3) is 0 Å². The lowest BCUT2D eigenvalue weighted by Gasteiger charge is -2.15. The van der Waals surface area contributed by atoms with Crippen LogP contribution in [0, 0.1) is 6.92 Å². The van der Waals surface area contributed by atoms with Crippen molar-refractivity contribution in [2.75, 3.05) is 11.9 Å². The molecule has 6 nitrogen and oxygen atoms in total. The van der Waals surface area contributed by atoms with Crippen molar-refractivity contribution in [3.63, 3.8) is 0 Å². The van der Waals surface area contributed by atoms with E-state index >= 15 is 0 Å². The van der Waals surface area contributed by atoms with Crippen LogP contribution >= 0.6 is 0 Å². The largest absolute Gasteiger partial charge is 0.336 e. The number of hydrogen-bond acceptors (Lipinski definition) is 3. The third-order valence-electron chi connectivity index (χ3n) is 3.66. The third kappa shape index (κ3) is 3.35. The molecule has 0 saturated carbocycles. The monoisotopic (exact) mass is 331 g/mol. The molecule has 0 aliphatic carbocycles. The van der Waals surface area contributed by atoms with Gasteiger partial charge in [0.1, 0.15) is 0 Å². The molecule has 2 amide bonds. The Labute approximate surface area is 135 Å². The highest BCUT2D eigenvalue weighted by molar-refractivity contribution is 7.88. The van der Waals surface area contributed by atoms with Gasteiger partial charge in [-0.15, -0.1) is 0 Å². The average molecular weight is 331 g/mol. The number of nitrogens with zero attached hydrogens (tertiary/aromatic N) is 1. The number of benzene rings is 2. The fraction of sp³-hybridized carbons (Fsp3) is 0.188. The number of carbonyl (C=O) groups is 1. The van der Waals surface area contributed by atoms with E-state index in [1.807, 2.05) is 49.4 Å². The van der Waals surface area contributed by atoms with Gasteiger partial charge in [-0.05, 0) is 24.6 Å². The van der Waals surface area contributed by atoms with Gasteiger partial charge in [-0.3, -0.25) is 0 Å². The second-order valence-electron chi connectivity index (χ2n) is 5.41. The van der Waals surface area contributed by atoms with Crippen LogP contribution in [0.2, 0.25) is 0 Å². The molecule has 1 saturated heterocycles. The summed E-state index contributed by atoms with van der Waals surface area (Å²) in [5.41, 5.74) is 2.43. The average Bonchev–Trinajstić information content (AvgIpc) is 2.86. The standard InChI is InChI=1S/C16H17N3O3S/c1-12-7-9-14(10-8-12)17-16(20)19-11-15(18-23(19,21)22)13-5-3-2-4-6-13/h2-10,15,18H,11H2,1H3,(H,17,20). The van der Waals surface area contributed by atoms with E-state index in [-0.39, 0.29) is 6.54 Å². The van der Waals surface area contributed by atoms with Crippen molar-refractivity contribution in [2.45, 2.75) is 13.0 Å². The predicted molar refractivity (Wildman–Crippen MR) is 88.1 cm³/mol. The topological polar surface area (TPSA) is 78.5 Å². The fourth-order valence-corrected chi connectivity index (χ4v) is 3.72. The zero-order valence-electron chi connectivity index (χ0n) is 12.6. The van der Waals surface area contributed by atoms with E-state index in [2.05, 4.69) is 10.0 Å². The molecule has 7 heteroatoms. The SMILES string of the molecule is Cc1ccc(NC(=O)N2CC(c3ccccc3)NS2(=O)=O)cc1. The van der Waals surface area contributed by atoms with Crippen LogP contribution < -0.4 is 10.0 Å². The fourth-order valence-electron chi connectivity index (χ4n) is 2.42. The Morgan fingerprint density at radius 1 is 1.13 bits per heavy atom.